The van der Waals surface area contributed by atoms with E-state index in [1.807, 2.05) is 0 Å². The maximum Gasteiger partial charge on any atom is 0.322 e. The van der Waals surface area contributed by atoms with Crippen LogP contribution in [0.4, 0.5) is 4.39 Å². The fourth-order valence-electron chi connectivity index (χ4n) is 2.80. The lowest BCUT2D eigenvalue weighted by atomic mass is 9.88. The fraction of sp³-hybridized carbons (Fsp3) is 0.467. The van der Waals surface area contributed by atoms with Crippen molar-refractivity contribution in [3.05, 3.63) is 35.6 Å². The number of rotatable bonds is 6. The number of hydrogen-bond acceptors (Lipinski definition) is 3. The number of carbonyl (C=O) groups excluding carboxylic acids is 1. The number of halogens is 2. The van der Waals surface area contributed by atoms with E-state index in [4.69, 9.17) is 5.11 Å². The van der Waals surface area contributed by atoms with Gasteiger partial charge in [-0.3, -0.25) is 14.9 Å². The van der Waals surface area contributed by atoms with Crippen molar-refractivity contribution in [2.24, 2.45) is 0 Å². The molecule has 0 atom stereocenters. The smallest absolute Gasteiger partial charge is 0.322 e. The van der Waals surface area contributed by atoms with Gasteiger partial charge in [-0.2, -0.15) is 0 Å². The van der Waals surface area contributed by atoms with Crippen LogP contribution in [-0.2, 0) is 15.1 Å². The Morgan fingerprint density at radius 2 is 1.73 bits per heavy atom. The molecule has 0 bridgehead atoms. The van der Waals surface area contributed by atoms with Crippen molar-refractivity contribution in [3.63, 3.8) is 0 Å². The number of carbonyl (C=O) groups is 2. The highest BCUT2D eigenvalue weighted by atomic mass is 35.5. The normalized spacial score (nSPS) is 15.9. The summed E-state index contributed by atoms with van der Waals surface area (Å²) >= 11 is 0. The van der Waals surface area contributed by atoms with Crippen molar-refractivity contribution >= 4 is 24.3 Å². The highest BCUT2D eigenvalue weighted by Gasteiger charge is 2.35. The minimum atomic E-state index is -1.07. The molecular formula is C15H20ClFN2O3. The summed E-state index contributed by atoms with van der Waals surface area (Å²) in [7, 11) is 0. The summed E-state index contributed by atoms with van der Waals surface area (Å²) in [6.07, 6.45) is 3.85. The van der Waals surface area contributed by atoms with Crippen molar-refractivity contribution in [2.75, 3.05) is 13.1 Å². The molecule has 0 aliphatic heterocycles. The Balaban J connectivity index is 0.00000242. The number of amides is 1. The lowest BCUT2D eigenvalue weighted by Gasteiger charge is -2.31. The third-order valence-corrected chi connectivity index (χ3v) is 3.88. The number of carboxylic acids is 1. The second kappa shape index (κ2) is 8.10. The maximum absolute atomic E-state index is 13.0. The summed E-state index contributed by atoms with van der Waals surface area (Å²) in [5, 5.41) is 14.1. The van der Waals surface area contributed by atoms with Crippen molar-refractivity contribution in [2.45, 2.75) is 31.2 Å². The Kier molecular flexibility index (Phi) is 6.77. The second-order valence-electron chi connectivity index (χ2n) is 5.32. The molecule has 0 spiro atoms. The SMILES string of the molecule is Cl.O=C(O)CNC(=O)CNC1(c2ccc(F)cc2)CCCC1. The van der Waals surface area contributed by atoms with E-state index in [0.29, 0.717) is 0 Å². The molecule has 1 aliphatic carbocycles. The predicted octanol–water partition coefficient (Wildman–Crippen LogP) is 1.81. The average molecular weight is 331 g/mol. The summed E-state index contributed by atoms with van der Waals surface area (Å²) in [5.41, 5.74) is 0.640. The van der Waals surface area contributed by atoms with Gasteiger partial charge in [-0.25, -0.2) is 4.39 Å². The van der Waals surface area contributed by atoms with Crippen molar-refractivity contribution in [1.82, 2.24) is 10.6 Å². The molecule has 0 saturated heterocycles. The van der Waals surface area contributed by atoms with Crippen LogP contribution >= 0.6 is 12.4 Å². The number of hydrogen-bond donors (Lipinski definition) is 3. The Hall–Kier alpha value is -1.66. The summed E-state index contributed by atoms with van der Waals surface area (Å²) in [6.45, 7) is -0.339. The summed E-state index contributed by atoms with van der Waals surface area (Å²) in [4.78, 5) is 22.0. The summed E-state index contributed by atoms with van der Waals surface area (Å²) in [5.74, 6) is -1.71. The molecule has 22 heavy (non-hydrogen) atoms. The molecule has 5 nitrogen and oxygen atoms in total. The van der Waals surface area contributed by atoms with Crippen molar-refractivity contribution < 1.29 is 19.1 Å². The number of carboxylic acid groups (broad SMARTS) is 1. The third kappa shape index (κ3) is 4.68. The first-order chi connectivity index (χ1) is 10.0. The number of benzene rings is 1. The van der Waals surface area contributed by atoms with Crippen LogP contribution in [-0.4, -0.2) is 30.1 Å². The van der Waals surface area contributed by atoms with Crippen LogP contribution in [0.5, 0.6) is 0 Å². The second-order valence-corrected chi connectivity index (χ2v) is 5.32. The van der Waals surface area contributed by atoms with Gasteiger partial charge in [0, 0.05) is 5.54 Å². The van der Waals surface area contributed by atoms with Crippen LogP contribution in [0.3, 0.4) is 0 Å². The van der Waals surface area contributed by atoms with Crippen LogP contribution in [0.15, 0.2) is 24.3 Å². The molecule has 122 valence electrons. The quantitative estimate of drug-likeness (QED) is 0.743. The Bertz CT molecular complexity index is 516. The van der Waals surface area contributed by atoms with E-state index in [2.05, 4.69) is 10.6 Å². The summed E-state index contributed by atoms with van der Waals surface area (Å²) in [6, 6.07) is 6.31. The van der Waals surface area contributed by atoms with Gasteiger partial charge in [0.25, 0.3) is 0 Å². The zero-order chi connectivity index (χ0) is 15.3. The van der Waals surface area contributed by atoms with Gasteiger partial charge >= 0.3 is 5.97 Å². The largest absolute Gasteiger partial charge is 0.480 e. The monoisotopic (exact) mass is 330 g/mol. The molecule has 0 unspecified atom stereocenters. The maximum atomic E-state index is 13.0. The Labute approximate surface area is 134 Å². The molecule has 1 aromatic rings. The molecule has 0 radical (unpaired) electrons. The molecule has 1 saturated carbocycles. The zero-order valence-electron chi connectivity index (χ0n) is 12.1. The lowest BCUT2D eigenvalue weighted by molar-refractivity contribution is -0.137. The van der Waals surface area contributed by atoms with E-state index < -0.39 is 5.97 Å². The van der Waals surface area contributed by atoms with E-state index >= 15 is 0 Å². The average Bonchev–Trinajstić information content (AvgIpc) is 2.93. The van der Waals surface area contributed by atoms with Gasteiger partial charge in [-0.15, -0.1) is 12.4 Å². The topological polar surface area (TPSA) is 78.4 Å². The lowest BCUT2D eigenvalue weighted by Crippen LogP contribution is -2.46. The summed E-state index contributed by atoms with van der Waals surface area (Å²) < 4.78 is 13.0. The first-order valence-corrected chi connectivity index (χ1v) is 7.01. The van der Waals surface area contributed by atoms with E-state index in [-0.39, 0.29) is 42.8 Å². The van der Waals surface area contributed by atoms with Gasteiger partial charge in [0.1, 0.15) is 12.4 Å². The molecule has 0 heterocycles. The Morgan fingerprint density at radius 1 is 1.14 bits per heavy atom. The van der Waals surface area contributed by atoms with E-state index in [1.54, 1.807) is 12.1 Å². The van der Waals surface area contributed by atoms with Crippen LogP contribution in [0, 0.1) is 5.82 Å². The molecule has 0 aromatic heterocycles. The minimum Gasteiger partial charge on any atom is -0.480 e. The van der Waals surface area contributed by atoms with Crippen LogP contribution in [0.2, 0.25) is 0 Å². The minimum absolute atomic E-state index is 0. The standard InChI is InChI=1S/C15H19FN2O3.ClH/c16-12-5-3-11(4-6-12)15(7-1-2-8-15)18-9-13(19)17-10-14(20)21;/h3-6,18H,1-2,7-10H2,(H,17,19)(H,20,21);1H. The van der Waals surface area contributed by atoms with E-state index in [0.717, 1.165) is 31.2 Å². The first-order valence-electron chi connectivity index (χ1n) is 7.01. The molecule has 2 rings (SSSR count). The van der Waals surface area contributed by atoms with Crippen molar-refractivity contribution in [3.8, 4) is 0 Å². The molecule has 1 fully saturated rings. The molecule has 1 amide bonds. The highest BCUT2D eigenvalue weighted by molar-refractivity contribution is 5.85. The third-order valence-electron chi connectivity index (χ3n) is 3.88. The van der Waals surface area contributed by atoms with Gasteiger partial charge in [0.2, 0.25) is 5.91 Å². The Morgan fingerprint density at radius 3 is 2.27 bits per heavy atom. The van der Waals surface area contributed by atoms with E-state index in [1.165, 1.54) is 12.1 Å². The van der Waals surface area contributed by atoms with Gasteiger partial charge in [-0.05, 0) is 30.5 Å². The molecule has 1 aliphatic rings. The number of nitrogens with one attached hydrogen (secondary N) is 2. The highest BCUT2D eigenvalue weighted by Crippen LogP contribution is 2.38. The molecular weight excluding hydrogens is 311 g/mol. The van der Waals surface area contributed by atoms with Gasteiger partial charge in [0.05, 0.1) is 6.54 Å². The van der Waals surface area contributed by atoms with Crippen LogP contribution < -0.4 is 10.6 Å². The van der Waals surface area contributed by atoms with Gasteiger partial charge in [-0.1, -0.05) is 25.0 Å². The molecule has 7 heteroatoms. The molecule has 1 aromatic carbocycles. The van der Waals surface area contributed by atoms with Crippen molar-refractivity contribution in [1.29, 1.82) is 0 Å². The van der Waals surface area contributed by atoms with Crippen LogP contribution in [0.1, 0.15) is 31.2 Å². The first kappa shape index (κ1) is 18.4. The van der Waals surface area contributed by atoms with Gasteiger partial charge in [0.15, 0.2) is 0 Å². The number of aliphatic carboxylic acids is 1. The van der Waals surface area contributed by atoms with E-state index in [9.17, 15) is 14.0 Å². The van der Waals surface area contributed by atoms with Crippen LogP contribution in [0.25, 0.3) is 0 Å². The predicted molar refractivity (Wildman–Crippen MR) is 82.4 cm³/mol. The zero-order valence-corrected chi connectivity index (χ0v) is 12.9. The fourth-order valence-corrected chi connectivity index (χ4v) is 2.80. The van der Waals surface area contributed by atoms with Gasteiger partial charge < -0.3 is 10.4 Å². The molecule has 3 N–H and O–H groups in total.